The fraction of sp³-hybridized carbons (Fsp3) is 0.533. The summed E-state index contributed by atoms with van der Waals surface area (Å²) in [6, 6.07) is 10.0. The maximum absolute atomic E-state index is 11.8. The second kappa shape index (κ2) is 7.17. The van der Waals surface area contributed by atoms with Crippen molar-refractivity contribution in [1.82, 2.24) is 5.32 Å². The minimum absolute atomic E-state index is 0.0504. The van der Waals surface area contributed by atoms with Crippen LogP contribution in [0.4, 0.5) is 0 Å². The van der Waals surface area contributed by atoms with Crippen molar-refractivity contribution >= 4 is 5.91 Å². The Morgan fingerprint density at radius 1 is 1.22 bits per heavy atom. The summed E-state index contributed by atoms with van der Waals surface area (Å²) >= 11 is 0. The molecule has 1 amide bonds. The molecule has 1 aromatic rings. The van der Waals surface area contributed by atoms with Gasteiger partial charge in [-0.15, -0.1) is 0 Å². The average Bonchev–Trinajstić information content (AvgIpc) is 2.36. The molecule has 100 valence electrons. The monoisotopic (exact) mass is 248 g/mol. The van der Waals surface area contributed by atoms with Crippen molar-refractivity contribution in [2.24, 2.45) is 11.7 Å². The fourth-order valence-electron chi connectivity index (χ4n) is 1.74. The topological polar surface area (TPSA) is 55.1 Å². The molecule has 0 aliphatic heterocycles. The van der Waals surface area contributed by atoms with E-state index in [1.807, 2.05) is 39.0 Å². The lowest BCUT2D eigenvalue weighted by Crippen LogP contribution is -2.47. The summed E-state index contributed by atoms with van der Waals surface area (Å²) in [6.45, 7) is 5.94. The number of nitrogens with one attached hydrogen (secondary N) is 1. The molecule has 1 rings (SSSR count). The Balaban J connectivity index is 2.34. The van der Waals surface area contributed by atoms with E-state index in [1.165, 1.54) is 5.56 Å². The molecule has 0 bridgehead atoms. The molecule has 18 heavy (non-hydrogen) atoms. The van der Waals surface area contributed by atoms with Crippen molar-refractivity contribution in [3.8, 4) is 0 Å². The molecule has 2 atom stereocenters. The third-order valence-electron chi connectivity index (χ3n) is 3.12. The molecule has 3 nitrogen and oxygen atoms in total. The van der Waals surface area contributed by atoms with Gasteiger partial charge in [0.1, 0.15) is 0 Å². The Hall–Kier alpha value is -1.35. The van der Waals surface area contributed by atoms with Gasteiger partial charge in [-0.05, 0) is 31.2 Å². The van der Waals surface area contributed by atoms with Crippen molar-refractivity contribution in [2.75, 3.05) is 0 Å². The molecule has 3 N–H and O–H groups in total. The van der Waals surface area contributed by atoms with Crippen LogP contribution in [0.2, 0.25) is 0 Å². The number of amides is 1. The van der Waals surface area contributed by atoms with Crippen LogP contribution in [0, 0.1) is 5.92 Å². The second-order valence-electron chi connectivity index (χ2n) is 5.20. The van der Waals surface area contributed by atoms with E-state index in [9.17, 15) is 4.79 Å². The summed E-state index contributed by atoms with van der Waals surface area (Å²) in [5.41, 5.74) is 7.10. The molecule has 0 aromatic heterocycles. The van der Waals surface area contributed by atoms with E-state index in [0.29, 0.717) is 0 Å². The van der Waals surface area contributed by atoms with Crippen LogP contribution < -0.4 is 11.1 Å². The van der Waals surface area contributed by atoms with E-state index in [0.717, 1.165) is 12.8 Å². The third kappa shape index (κ3) is 4.88. The Morgan fingerprint density at radius 2 is 1.83 bits per heavy atom. The van der Waals surface area contributed by atoms with Crippen LogP contribution in [0.5, 0.6) is 0 Å². The fourth-order valence-corrected chi connectivity index (χ4v) is 1.74. The lowest BCUT2D eigenvalue weighted by molar-refractivity contribution is -0.123. The zero-order valence-electron chi connectivity index (χ0n) is 11.5. The van der Waals surface area contributed by atoms with Crippen LogP contribution in [0.1, 0.15) is 32.8 Å². The lowest BCUT2D eigenvalue weighted by atomic mass is 10.0. The Labute approximate surface area is 110 Å². The number of rotatable bonds is 6. The zero-order chi connectivity index (χ0) is 13.5. The van der Waals surface area contributed by atoms with Gasteiger partial charge in [0.05, 0.1) is 6.04 Å². The van der Waals surface area contributed by atoms with Crippen LogP contribution in [0.3, 0.4) is 0 Å². The molecule has 3 heteroatoms. The SMILES string of the molecule is CC(CCc1ccccc1)NC(=O)[C@H](N)C(C)C. The molecule has 0 spiro atoms. The van der Waals surface area contributed by atoms with Gasteiger partial charge in [0, 0.05) is 6.04 Å². The molecular formula is C15H24N2O. The Bertz CT molecular complexity index is 362. The first-order valence-electron chi connectivity index (χ1n) is 6.60. The molecule has 0 aliphatic rings. The van der Waals surface area contributed by atoms with Gasteiger partial charge in [-0.1, -0.05) is 44.2 Å². The Morgan fingerprint density at radius 3 is 2.39 bits per heavy atom. The van der Waals surface area contributed by atoms with Crippen LogP contribution in [0.25, 0.3) is 0 Å². The average molecular weight is 248 g/mol. The molecule has 1 unspecified atom stereocenters. The molecule has 0 heterocycles. The molecule has 0 saturated carbocycles. The maximum Gasteiger partial charge on any atom is 0.237 e. The van der Waals surface area contributed by atoms with Crippen LogP contribution >= 0.6 is 0 Å². The molecule has 0 aliphatic carbocycles. The highest BCUT2D eigenvalue weighted by molar-refractivity contribution is 5.81. The summed E-state index contributed by atoms with van der Waals surface area (Å²) in [5, 5.41) is 2.97. The van der Waals surface area contributed by atoms with Gasteiger partial charge < -0.3 is 11.1 Å². The predicted octanol–water partition coefficient (Wildman–Crippen LogP) is 2.11. The first-order chi connectivity index (χ1) is 8.50. The van der Waals surface area contributed by atoms with Gasteiger partial charge in [-0.2, -0.15) is 0 Å². The molecule has 1 aromatic carbocycles. The van der Waals surface area contributed by atoms with Crippen molar-refractivity contribution in [2.45, 2.75) is 45.7 Å². The zero-order valence-corrected chi connectivity index (χ0v) is 11.5. The van der Waals surface area contributed by atoms with E-state index in [4.69, 9.17) is 5.73 Å². The minimum atomic E-state index is -0.413. The molecular weight excluding hydrogens is 224 g/mol. The first kappa shape index (κ1) is 14.7. The lowest BCUT2D eigenvalue weighted by Gasteiger charge is -2.19. The van der Waals surface area contributed by atoms with Crippen LogP contribution in [-0.4, -0.2) is 18.0 Å². The van der Waals surface area contributed by atoms with Crippen molar-refractivity contribution in [1.29, 1.82) is 0 Å². The van der Waals surface area contributed by atoms with Crippen molar-refractivity contribution in [3.63, 3.8) is 0 Å². The highest BCUT2D eigenvalue weighted by Crippen LogP contribution is 2.05. The maximum atomic E-state index is 11.8. The summed E-state index contributed by atoms with van der Waals surface area (Å²) in [6.07, 6.45) is 1.90. The summed E-state index contributed by atoms with van der Waals surface area (Å²) < 4.78 is 0. The van der Waals surface area contributed by atoms with Crippen LogP contribution in [0.15, 0.2) is 30.3 Å². The van der Waals surface area contributed by atoms with Crippen molar-refractivity contribution in [3.05, 3.63) is 35.9 Å². The summed E-state index contributed by atoms with van der Waals surface area (Å²) in [7, 11) is 0. The number of aryl methyl sites for hydroxylation is 1. The second-order valence-corrected chi connectivity index (χ2v) is 5.20. The van der Waals surface area contributed by atoms with Gasteiger partial charge in [0.25, 0.3) is 0 Å². The Kier molecular flexibility index (Phi) is 5.86. The van der Waals surface area contributed by atoms with E-state index in [2.05, 4.69) is 17.4 Å². The van der Waals surface area contributed by atoms with Gasteiger partial charge in [-0.25, -0.2) is 0 Å². The van der Waals surface area contributed by atoms with Gasteiger partial charge >= 0.3 is 0 Å². The van der Waals surface area contributed by atoms with Crippen LogP contribution in [-0.2, 0) is 11.2 Å². The number of hydrogen-bond acceptors (Lipinski definition) is 2. The number of carbonyl (C=O) groups excluding carboxylic acids is 1. The number of hydrogen-bond donors (Lipinski definition) is 2. The summed E-state index contributed by atoms with van der Waals surface area (Å²) in [5.74, 6) is 0.122. The predicted molar refractivity (Wildman–Crippen MR) is 75.2 cm³/mol. The number of nitrogens with two attached hydrogens (primary N) is 1. The highest BCUT2D eigenvalue weighted by atomic mass is 16.2. The number of benzene rings is 1. The largest absolute Gasteiger partial charge is 0.352 e. The third-order valence-corrected chi connectivity index (χ3v) is 3.12. The highest BCUT2D eigenvalue weighted by Gasteiger charge is 2.18. The van der Waals surface area contributed by atoms with E-state index < -0.39 is 6.04 Å². The minimum Gasteiger partial charge on any atom is -0.352 e. The standard InChI is InChI=1S/C15H24N2O/c1-11(2)14(16)15(18)17-12(3)9-10-13-7-5-4-6-8-13/h4-8,11-12,14H,9-10,16H2,1-3H3,(H,17,18)/t12?,14-/m1/s1. The summed E-state index contributed by atoms with van der Waals surface area (Å²) in [4.78, 5) is 11.8. The first-order valence-corrected chi connectivity index (χ1v) is 6.60. The van der Waals surface area contributed by atoms with Gasteiger partial charge in [0.15, 0.2) is 0 Å². The number of carbonyl (C=O) groups is 1. The molecule has 0 saturated heterocycles. The smallest absolute Gasteiger partial charge is 0.237 e. The van der Waals surface area contributed by atoms with E-state index in [1.54, 1.807) is 0 Å². The van der Waals surface area contributed by atoms with Gasteiger partial charge in [0.2, 0.25) is 5.91 Å². The van der Waals surface area contributed by atoms with E-state index >= 15 is 0 Å². The molecule has 0 radical (unpaired) electrons. The van der Waals surface area contributed by atoms with Gasteiger partial charge in [-0.3, -0.25) is 4.79 Å². The van der Waals surface area contributed by atoms with E-state index in [-0.39, 0.29) is 17.9 Å². The quantitative estimate of drug-likeness (QED) is 0.810. The normalized spacial score (nSPS) is 14.3. The molecule has 0 fully saturated rings. The van der Waals surface area contributed by atoms with Crippen molar-refractivity contribution < 1.29 is 4.79 Å².